The number of aliphatic imine (C=N–C) groups is 1. The Kier molecular flexibility index (Phi) is 7.24. The number of tetrazole rings is 1. The molecule has 0 atom stereocenters. The molecule has 0 radical (unpaired) electrons. The van der Waals surface area contributed by atoms with Gasteiger partial charge in [-0.2, -0.15) is 4.99 Å². The second kappa shape index (κ2) is 11.5. The standard InChI is InChI=1S/C35H27N5O2/c1-25-22-26(18-21-33(25)42-2)31-20-19-30(36-24-41)23-32(31)34-37-39-40(38-34)35(27-12-6-3-7-13-27,28-14-8-4-9-15-28)29-16-10-5-11-17-29/h3-23H,1-2H3. The highest BCUT2D eigenvalue weighted by molar-refractivity contribution is 5.83. The number of nitrogens with zero attached hydrogens (tertiary/aromatic N) is 5. The second-order valence-corrected chi connectivity index (χ2v) is 9.83. The SMILES string of the molecule is COc1ccc(-c2ccc(N=C=O)cc2-c2nnn(C(c3ccccc3)(c3ccccc3)c3ccccc3)n2)cc1C. The van der Waals surface area contributed by atoms with Crippen molar-refractivity contribution in [1.82, 2.24) is 20.2 Å². The van der Waals surface area contributed by atoms with E-state index in [-0.39, 0.29) is 0 Å². The molecule has 6 aromatic rings. The molecule has 0 spiro atoms. The van der Waals surface area contributed by atoms with Gasteiger partial charge in [-0.3, -0.25) is 0 Å². The summed E-state index contributed by atoms with van der Waals surface area (Å²) in [6.07, 6.45) is 1.64. The fourth-order valence-corrected chi connectivity index (χ4v) is 5.49. The van der Waals surface area contributed by atoms with Crippen LogP contribution in [0.4, 0.5) is 5.69 Å². The maximum Gasteiger partial charge on any atom is 0.240 e. The predicted octanol–water partition coefficient (Wildman–Crippen LogP) is 7.13. The number of aryl methyl sites for hydroxylation is 1. The van der Waals surface area contributed by atoms with Crippen LogP contribution in [0.3, 0.4) is 0 Å². The summed E-state index contributed by atoms with van der Waals surface area (Å²) in [6, 6.07) is 42.0. The van der Waals surface area contributed by atoms with Gasteiger partial charge in [0.25, 0.3) is 0 Å². The Bertz CT molecular complexity index is 1780. The van der Waals surface area contributed by atoms with Gasteiger partial charge in [-0.1, -0.05) is 103 Å². The van der Waals surface area contributed by atoms with Crippen LogP contribution in [0.25, 0.3) is 22.5 Å². The van der Waals surface area contributed by atoms with Crippen molar-refractivity contribution in [1.29, 1.82) is 0 Å². The van der Waals surface area contributed by atoms with Crippen LogP contribution in [-0.2, 0) is 10.3 Å². The first-order valence-electron chi connectivity index (χ1n) is 13.5. The molecule has 7 nitrogen and oxygen atoms in total. The summed E-state index contributed by atoms with van der Waals surface area (Å²) >= 11 is 0. The van der Waals surface area contributed by atoms with Crippen molar-refractivity contribution in [2.45, 2.75) is 12.5 Å². The van der Waals surface area contributed by atoms with E-state index in [1.54, 1.807) is 30.1 Å². The monoisotopic (exact) mass is 549 g/mol. The zero-order valence-electron chi connectivity index (χ0n) is 23.2. The summed E-state index contributed by atoms with van der Waals surface area (Å²) in [7, 11) is 1.65. The van der Waals surface area contributed by atoms with Crippen molar-refractivity contribution in [3.8, 4) is 28.3 Å². The number of isocyanates is 1. The van der Waals surface area contributed by atoms with E-state index in [1.807, 2.05) is 85.8 Å². The molecule has 204 valence electrons. The van der Waals surface area contributed by atoms with Crippen LogP contribution in [0, 0.1) is 6.92 Å². The number of benzene rings is 5. The van der Waals surface area contributed by atoms with Crippen LogP contribution in [0.15, 0.2) is 132 Å². The Morgan fingerprint density at radius 2 is 1.33 bits per heavy atom. The lowest BCUT2D eigenvalue weighted by Gasteiger charge is -2.34. The fraction of sp³-hybridized carbons (Fsp3) is 0.0857. The normalized spacial score (nSPS) is 11.1. The molecule has 0 aliphatic carbocycles. The van der Waals surface area contributed by atoms with Crippen LogP contribution in [0.5, 0.6) is 5.75 Å². The number of aromatic nitrogens is 4. The van der Waals surface area contributed by atoms with Crippen molar-refractivity contribution < 1.29 is 9.53 Å². The molecule has 0 aliphatic heterocycles. The molecule has 0 aliphatic rings. The van der Waals surface area contributed by atoms with Crippen molar-refractivity contribution in [3.63, 3.8) is 0 Å². The first kappa shape index (κ1) is 26.6. The van der Waals surface area contributed by atoms with Gasteiger partial charge in [0, 0.05) is 5.56 Å². The van der Waals surface area contributed by atoms with E-state index in [4.69, 9.17) is 9.84 Å². The molecular formula is C35H27N5O2. The molecule has 7 heteroatoms. The first-order chi connectivity index (χ1) is 20.6. The minimum Gasteiger partial charge on any atom is -0.496 e. The molecule has 1 aromatic heterocycles. The van der Waals surface area contributed by atoms with Gasteiger partial charge in [-0.25, -0.2) is 4.79 Å². The lowest BCUT2D eigenvalue weighted by atomic mass is 9.77. The minimum atomic E-state index is -0.912. The first-order valence-corrected chi connectivity index (χ1v) is 13.5. The van der Waals surface area contributed by atoms with Gasteiger partial charge < -0.3 is 4.74 Å². The van der Waals surface area contributed by atoms with Gasteiger partial charge in [-0.05, 0) is 69.8 Å². The minimum absolute atomic E-state index is 0.397. The molecule has 6 rings (SSSR count). The number of hydrogen-bond acceptors (Lipinski definition) is 6. The zero-order chi connectivity index (χ0) is 28.9. The lowest BCUT2D eigenvalue weighted by Crippen LogP contribution is -2.39. The van der Waals surface area contributed by atoms with Crippen molar-refractivity contribution >= 4 is 11.8 Å². The van der Waals surface area contributed by atoms with E-state index in [0.717, 1.165) is 39.1 Å². The summed E-state index contributed by atoms with van der Waals surface area (Å²) in [5.74, 6) is 1.19. The van der Waals surface area contributed by atoms with E-state index >= 15 is 0 Å². The van der Waals surface area contributed by atoms with E-state index in [0.29, 0.717) is 17.1 Å². The topological polar surface area (TPSA) is 82.3 Å². The average molecular weight is 550 g/mol. The molecular weight excluding hydrogens is 522 g/mol. The van der Waals surface area contributed by atoms with E-state index in [1.165, 1.54) is 0 Å². The van der Waals surface area contributed by atoms with Gasteiger partial charge in [0.2, 0.25) is 11.9 Å². The van der Waals surface area contributed by atoms with Gasteiger partial charge in [0.05, 0.1) is 12.8 Å². The molecule has 0 amide bonds. The van der Waals surface area contributed by atoms with Crippen LogP contribution in [0.1, 0.15) is 22.3 Å². The third-order valence-corrected chi connectivity index (χ3v) is 7.41. The Labute approximate surface area is 243 Å². The maximum atomic E-state index is 11.1. The van der Waals surface area contributed by atoms with Crippen LogP contribution >= 0.6 is 0 Å². The molecule has 0 saturated carbocycles. The molecule has 42 heavy (non-hydrogen) atoms. The summed E-state index contributed by atoms with van der Waals surface area (Å²) in [4.78, 5) is 16.7. The smallest absolute Gasteiger partial charge is 0.240 e. The van der Waals surface area contributed by atoms with Gasteiger partial charge in [0.1, 0.15) is 5.75 Å². The van der Waals surface area contributed by atoms with E-state index < -0.39 is 5.54 Å². The number of rotatable bonds is 8. The van der Waals surface area contributed by atoms with E-state index in [9.17, 15) is 4.79 Å². The largest absolute Gasteiger partial charge is 0.496 e. The maximum absolute atomic E-state index is 11.1. The van der Waals surface area contributed by atoms with E-state index in [2.05, 4.69) is 51.7 Å². The Hall–Kier alpha value is -5.65. The Balaban J connectivity index is 1.61. The summed E-state index contributed by atoms with van der Waals surface area (Å²) in [6.45, 7) is 2.00. The summed E-state index contributed by atoms with van der Waals surface area (Å²) in [5.41, 5.74) is 5.98. The predicted molar refractivity (Wildman–Crippen MR) is 162 cm³/mol. The molecule has 0 fully saturated rings. The summed E-state index contributed by atoms with van der Waals surface area (Å²) in [5, 5.41) is 14.3. The quantitative estimate of drug-likeness (QED) is 0.115. The highest BCUT2D eigenvalue weighted by Crippen LogP contribution is 2.41. The average Bonchev–Trinajstić information content (AvgIpc) is 3.54. The van der Waals surface area contributed by atoms with Crippen LogP contribution in [0.2, 0.25) is 0 Å². The highest BCUT2D eigenvalue weighted by Gasteiger charge is 2.41. The number of ether oxygens (including phenoxy) is 1. The molecule has 1 heterocycles. The number of hydrogen-bond donors (Lipinski definition) is 0. The van der Waals surface area contributed by atoms with Crippen molar-refractivity contribution in [2.75, 3.05) is 7.11 Å². The van der Waals surface area contributed by atoms with Crippen molar-refractivity contribution in [3.05, 3.63) is 150 Å². The fourth-order valence-electron chi connectivity index (χ4n) is 5.49. The molecule has 0 N–H and O–H groups in total. The van der Waals surface area contributed by atoms with Gasteiger partial charge in [-0.15, -0.1) is 15.0 Å². The third-order valence-electron chi connectivity index (χ3n) is 7.41. The van der Waals surface area contributed by atoms with Crippen molar-refractivity contribution in [2.24, 2.45) is 4.99 Å². The zero-order valence-corrected chi connectivity index (χ0v) is 23.2. The lowest BCUT2D eigenvalue weighted by molar-refractivity contribution is 0.396. The Morgan fingerprint density at radius 1 is 0.738 bits per heavy atom. The molecule has 5 aromatic carbocycles. The Morgan fingerprint density at radius 3 is 1.86 bits per heavy atom. The van der Waals surface area contributed by atoms with Crippen LogP contribution < -0.4 is 4.74 Å². The summed E-state index contributed by atoms with van der Waals surface area (Å²) < 4.78 is 5.47. The third kappa shape index (κ3) is 4.68. The number of methoxy groups -OCH3 is 1. The van der Waals surface area contributed by atoms with Gasteiger partial charge >= 0.3 is 0 Å². The molecule has 0 unspecified atom stereocenters. The number of carbonyl (C=O) groups excluding carboxylic acids is 1. The second-order valence-electron chi connectivity index (χ2n) is 9.83. The van der Waals surface area contributed by atoms with Gasteiger partial charge in [0.15, 0.2) is 5.54 Å². The molecule has 0 saturated heterocycles. The molecule has 0 bridgehead atoms. The highest BCUT2D eigenvalue weighted by atomic mass is 16.5. The van der Waals surface area contributed by atoms with Crippen LogP contribution in [-0.4, -0.2) is 33.4 Å².